The van der Waals surface area contributed by atoms with Gasteiger partial charge in [-0.1, -0.05) is 43.5 Å². The molecule has 0 bridgehead atoms. The Labute approximate surface area is 207 Å². The quantitative estimate of drug-likeness (QED) is 0.466. The molecule has 2 heterocycles. The number of rotatable bonds is 5. The molecule has 0 N–H and O–H groups in total. The number of aromatic nitrogens is 1. The Morgan fingerprint density at radius 1 is 0.943 bits per heavy atom. The summed E-state index contributed by atoms with van der Waals surface area (Å²) in [4.78, 5) is 21.4. The van der Waals surface area contributed by atoms with E-state index in [1.807, 2.05) is 35.2 Å². The Bertz CT molecular complexity index is 1110. The van der Waals surface area contributed by atoms with Gasteiger partial charge in [0.15, 0.2) is 0 Å². The molecule has 35 heavy (non-hydrogen) atoms. The number of carbonyl (C=O) groups excluding carboxylic acids is 1. The lowest BCUT2D eigenvalue weighted by Gasteiger charge is -2.30. The first-order valence-corrected chi connectivity index (χ1v) is 12.4. The number of methoxy groups -OCH3 is 1. The first-order valence-electron chi connectivity index (χ1n) is 12.4. The normalized spacial score (nSPS) is 15.7. The fraction of sp³-hybridized carbons (Fsp3) is 0.379. The minimum Gasteiger partial charge on any atom is -0.375 e. The number of benzene rings is 2. The van der Waals surface area contributed by atoms with E-state index in [2.05, 4.69) is 22.0 Å². The molecule has 0 fully saturated rings. The number of carbonyl (C=O) groups is 1. The third kappa shape index (κ3) is 6.74. The van der Waals surface area contributed by atoms with E-state index in [0.717, 1.165) is 61.0 Å². The molecule has 0 saturated heterocycles. The predicted molar refractivity (Wildman–Crippen MR) is 138 cm³/mol. The highest BCUT2D eigenvalue weighted by atomic mass is 19.1. The second-order valence-electron chi connectivity index (χ2n) is 9.13. The molecule has 0 aliphatic carbocycles. The number of pyridine rings is 1. The lowest BCUT2D eigenvalue weighted by molar-refractivity contribution is -0.122. The van der Waals surface area contributed by atoms with Crippen LogP contribution in [-0.2, 0) is 22.6 Å². The van der Waals surface area contributed by atoms with Crippen LogP contribution in [0.15, 0.2) is 67.0 Å². The summed E-state index contributed by atoms with van der Waals surface area (Å²) in [5.41, 5.74) is 4.80. The average Bonchev–Trinajstić information content (AvgIpc) is 2.87. The fourth-order valence-corrected chi connectivity index (χ4v) is 4.74. The third-order valence-electron chi connectivity index (χ3n) is 6.55. The standard InChI is InChI=1S/C29H34FN3O2/c1-35-22-29(34)33-18-8-4-2-3-7-17-32(20-25-9-5-6-10-27(25)30)21-26-19-24(11-12-28(26)33)23-13-15-31-16-14-23/h5-6,9-16,19H,2-4,7-8,17-18,20-22H2,1H3. The van der Waals surface area contributed by atoms with E-state index in [4.69, 9.17) is 4.74 Å². The summed E-state index contributed by atoms with van der Waals surface area (Å²) in [5.74, 6) is -0.218. The molecular formula is C29H34FN3O2. The van der Waals surface area contributed by atoms with E-state index < -0.39 is 0 Å². The molecule has 6 heteroatoms. The van der Waals surface area contributed by atoms with Crippen LogP contribution in [0.3, 0.4) is 0 Å². The van der Waals surface area contributed by atoms with E-state index in [1.54, 1.807) is 25.6 Å². The smallest absolute Gasteiger partial charge is 0.252 e. The average molecular weight is 476 g/mol. The van der Waals surface area contributed by atoms with Crippen molar-refractivity contribution in [1.82, 2.24) is 9.88 Å². The molecule has 0 spiro atoms. The number of nitrogens with zero attached hydrogens (tertiary/aromatic N) is 3. The van der Waals surface area contributed by atoms with E-state index in [0.29, 0.717) is 25.2 Å². The van der Waals surface area contributed by atoms with Gasteiger partial charge in [0, 0.05) is 50.4 Å². The van der Waals surface area contributed by atoms with Crippen LogP contribution >= 0.6 is 0 Å². The Kier molecular flexibility index (Phi) is 8.98. The van der Waals surface area contributed by atoms with Crippen molar-refractivity contribution in [3.05, 3.63) is 83.9 Å². The summed E-state index contributed by atoms with van der Waals surface area (Å²) in [6.45, 7) is 2.73. The maximum absolute atomic E-state index is 14.5. The highest BCUT2D eigenvalue weighted by Crippen LogP contribution is 2.30. The summed E-state index contributed by atoms with van der Waals surface area (Å²) in [5, 5.41) is 0. The molecule has 2 aromatic carbocycles. The zero-order valence-electron chi connectivity index (χ0n) is 20.5. The van der Waals surface area contributed by atoms with Gasteiger partial charge in [0.05, 0.1) is 0 Å². The maximum Gasteiger partial charge on any atom is 0.252 e. The maximum atomic E-state index is 14.5. The SMILES string of the molecule is COCC(=O)N1CCCCCCCN(Cc2ccccc2F)Cc2cc(-c3ccncc3)ccc21. The molecule has 1 aromatic heterocycles. The molecular weight excluding hydrogens is 441 g/mol. The van der Waals surface area contributed by atoms with E-state index in [9.17, 15) is 9.18 Å². The van der Waals surface area contributed by atoms with E-state index >= 15 is 0 Å². The number of anilines is 1. The minimum absolute atomic E-state index is 0.0388. The number of amides is 1. The van der Waals surface area contributed by atoms with Gasteiger partial charge >= 0.3 is 0 Å². The second kappa shape index (κ2) is 12.6. The van der Waals surface area contributed by atoms with Crippen LogP contribution in [0.5, 0.6) is 0 Å². The number of halogens is 1. The molecule has 0 saturated carbocycles. The van der Waals surface area contributed by atoms with Crippen molar-refractivity contribution in [3.63, 3.8) is 0 Å². The molecule has 1 aliphatic rings. The molecule has 0 radical (unpaired) electrons. The van der Waals surface area contributed by atoms with Crippen molar-refractivity contribution in [1.29, 1.82) is 0 Å². The number of hydrogen-bond donors (Lipinski definition) is 0. The van der Waals surface area contributed by atoms with Crippen LogP contribution in [0.4, 0.5) is 10.1 Å². The third-order valence-corrected chi connectivity index (χ3v) is 6.55. The molecule has 1 amide bonds. The Morgan fingerprint density at radius 3 is 2.46 bits per heavy atom. The summed E-state index contributed by atoms with van der Waals surface area (Å²) in [6.07, 6.45) is 8.94. The zero-order chi connectivity index (χ0) is 24.5. The zero-order valence-corrected chi connectivity index (χ0v) is 20.5. The first-order chi connectivity index (χ1) is 17.2. The summed E-state index contributed by atoms with van der Waals surface area (Å²) < 4.78 is 19.7. The topological polar surface area (TPSA) is 45.7 Å². The highest BCUT2D eigenvalue weighted by molar-refractivity contribution is 5.95. The van der Waals surface area contributed by atoms with Crippen molar-refractivity contribution < 1.29 is 13.9 Å². The molecule has 4 rings (SSSR count). The van der Waals surface area contributed by atoms with Gasteiger partial charge in [-0.05, 0) is 66.4 Å². The number of hydrogen-bond acceptors (Lipinski definition) is 4. The van der Waals surface area contributed by atoms with Gasteiger partial charge in [-0.25, -0.2) is 4.39 Å². The lowest BCUT2D eigenvalue weighted by atomic mass is 10.0. The Morgan fingerprint density at radius 2 is 1.69 bits per heavy atom. The van der Waals surface area contributed by atoms with Gasteiger partial charge < -0.3 is 9.64 Å². The number of fused-ring (bicyclic) bond motifs is 1. The van der Waals surface area contributed by atoms with E-state index in [1.165, 1.54) is 6.07 Å². The van der Waals surface area contributed by atoms with Crippen molar-refractivity contribution in [3.8, 4) is 11.1 Å². The van der Waals surface area contributed by atoms with Gasteiger partial charge in [-0.2, -0.15) is 0 Å². The molecule has 1 aliphatic heterocycles. The van der Waals surface area contributed by atoms with Crippen LogP contribution < -0.4 is 4.90 Å². The summed E-state index contributed by atoms with van der Waals surface area (Å²) >= 11 is 0. The fourth-order valence-electron chi connectivity index (χ4n) is 4.74. The van der Waals surface area contributed by atoms with Crippen LogP contribution in [0, 0.1) is 5.82 Å². The summed E-state index contributed by atoms with van der Waals surface area (Å²) in [6, 6.07) is 17.2. The highest BCUT2D eigenvalue weighted by Gasteiger charge is 2.21. The van der Waals surface area contributed by atoms with Crippen molar-refractivity contribution in [2.45, 2.75) is 45.2 Å². The van der Waals surface area contributed by atoms with Gasteiger partial charge in [-0.3, -0.25) is 14.7 Å². The van der Waals surface area contributed by atoms with Gasteiger partial charge in [0.1, 0.15) is 12.4 Å². The molecule has 0 atom stereocenters. The molecule has 3 aromatic rings. The van der Waals surface area contributed by atoms with Crippen LogP contribution in [0.25, 0.3) is 11.1 Å². The molecule has 0 unspecified atom stereocenters. The van der Waals surface area contributed by atoms with Crippen molar-refractivity contribution in [2.24, 2.45) is 0 Å². The van der Waals surface area contributed by atoms with Gasteiger partial charge in [0.2, 0.25) is 0 Å². The second-order valence-corrected chi connectivity index (χ2v) is 9.13. The molecule has 184 valence electrons. The van der Waals surface area contributed by atoms with Crippen LogP contribution in [-0.4, -0.2) is 42.6 Å². The van der Waals surface area contributed by atoms with Crippen molar-refractivity contribution in [2.75, 3.05) is 31.7 Å². The first kappa shape index (κ1) is 25.0. The van der Waals surface area contributed by atoms with Gasteiger partial charge in [-0.15, -0.1) is 0 Å². The van der Waals surface area contributed by atoms with Gasteiger partial charge in [0.25, 0.3) is 5.91 Å². The lowest BCUT2D eigenvalue weighted by Crippen LogP contribution is -2.36. The van der Waals surface area contributed by atoms with E-state index in [-0.39, 0.29) is 18.3 Å². The minimum atomic E-state index is -0.179. The monoisotopic (exact) mass is 475 g/mol. The largest absolute Gasteiger partial charge is 0.375 e. The molecule has 5 nitrogen and oxygen atoms in total. The Balaban J connectivity index is 1.74. The van der Waals surface area contributed by atoms with Crippen LogP contribution in [0.1, 0.15) is 43.2 Å². The number of ether oxygens (including phenoxy) is 1. The van der Waals surface area contributed by atoms with Crippen LogP contribution in [0.2, 0.25) is 0 Å². The predicted octanol–water partition coefficient (Wildman–Crippen LogP) is 5.83. The van der Waals surface area contributed by atoms with Crippen molar-refractivity contribution >= 4 is 11.6 Å². The Hall–Kier alpha value is -3.09. The summed E-state index contributed by atoms with van der Waals surface area (Å²) in [7, 11) is 1.55.